The van der Waals surface area contributed by atoms with Crippen LogP contribution >= 0.6 is 24.0 Å². The first kappa shape index (κ1) is 22.8. The fraction of sp³-hybridized carbons (Fsp3) is 0.571. The number of fused-ring (bicyclic) bond motifs is 1. The fourth-order valence-corrected chi connectivity index (χ4v) is 3.54. The highest BCUT2D eigenvalue weighted by atomic mass is 127. The number of ether oxygens (including phenoxy) is 1. The summed E-state index contributed by atoms with van der Waals surface area (Å²) in [6.45, 7) is 4.09. The standard InChI is InChI=1S/C21H29FN6O.HI/c1-14(16-8-9-18(17(22)11-16)29-13-15-6-7-15)25-21(23-2)24-12-20-27-26-19-5-3-4-10-28(19)20;/h8-9,11,14-15H,3-7,10,12-13H2,1-2H3,(H2,23,24,25);1H. The lowest BCUT2D eigenvalue weighted by Crippen LogP contribution is -2.39. The summed E-state index contributed by atoms with van der Waals surface area (Å²) in [7, 11) is 1.72. The molecule has 1 aromatic carbocycles. The number of aromatic nitrogens is 3. The zero-order chi connectivity index (χ0) is 20.2. The minimum atomic E-state index is -0.324. The van der Waals surface area contributed by atoms with E-state index in [0.717, 1.165) is 36.6 Å². The molecule has 2 N–H and O–H groups in total. The Hall–Kier alpha value is -1.91. The van der Waals surface area contributed by atoms with Crippen molar-refractivity contribution in [3.8, 4) is 5.75 Å². The molecule has 1 atom stereocenters. The highest BCUT2D eigenvalue weighted by molar-refractivity contribution is 14.0. The first-order valence-corrected chi connectivity index (χ1v) is 10.4. The maximum Gasteiger partial charge on any atom is 0.191 e. The Morgan fingerprint density at radius 1 is 1.33 bits per heavy atom. The number of rotatable bonds is 7. The molecule has 0 amide bonds. The minimum Gasteiger partial charge on any atom is -0.490 e. The topological polar surface area (TPSA) is 76.4 Å². The largest absolute Gasteiger partial charge is 0.490 e. The Labute approximate surface area is 193 Å². The van der Waals surface area contributed by atoms with E-state index in [1.807, 2.05) is 13.0 Å². The fourth-order valence-electron chi connectivity index (χ4n) is 3.54. The average molecular weight is 528 g/mol. The number of benzene rings is 1. The molecule has 1 aliphatic heterocycles. The van der Waals surface area contributed by atoms with Crippen LogP contribution < -0.4 is 15.4 Å². The van der Waals surface area contributed by atoms with E-state index in [2.05, 4.69) is 30.4 Å². The molecule has 0 saturated heterocycles. The monoisotopic (exact) mass is 528 g/mol. The van der Waals surface area contributed by atoms with Crippen molar-refractivity contribution in [2.24, 2.45) is 10.9 Å². The maximum atomic E-state index is 14.4. The van der Waals surface area contributed by atoms with Gasteiger partial charge in [-0.1, -0.05) is 6.07 Å². The molecule has 1 unspecified atom stereocenters. The first-order chi connectivity index (χ1) is 14.1. The van der Waals surface area contributed by atoms with Gasteiger partial charge in [0.15, 0.2) is 23.4 Å². The van der Waals surface area contributed by atoms with E-state index in [9.17, 15) is 4.39 Å². The second-order valence-corrected chi connectivity index (χ2v) is 7.88. The number of hydrogen-bond donors (Lipinski definition) is 2. The summed E-state index contributed by atoms with van der Waals surface area (Å²) in [5, 5.41) is 15.2. The van der Waals surface area contributed by atoms with Crippen molar-refractivity contribution >= 4 is 29.9 Å². The van der Waals surface area contributed by atoms with Gasteiger partial charge in [0.25, 0.3) is 0 Å². The van der Waals surface area contributed by atoms with E-state index in [1.54, 1.807) is 13.1 Å². The zero-order valence-corrected chi connectivity index (χ0v) is 19.9. The Kier molecular flexibility index (Phi) is 7.90. The SMILES string of the molecule is CN=C(NCc1nnc2n1CCCC2)NC(C)c1ccc(OCC2CC2)c(F)c1.I. The molecule has 1 saturated carbocycles. The molecule has 1 aliphatic carbocycles. The zero-order valence-electron chi connectivity index (χ0n) is 17.5. The third-order valence-corrected chi connectivity index (χ3v) is 5.55. The van der Waals surface area contributed by atoms with E-state index in [0.29, 0.717) is 30.8 Å². The van der Waals surface area contributed by atoms with Crippen LogP contribution in [-0.4, -0.2) is 34.4 Å². The van der Waals surface area contributed by atoms with Crippen molar-refractivity contribution in [2.45, 2.75) is 58.2 Å². The van der Waals surface area contributed by atoms with Crippen LogP contribution in [-0.2, 0) is 19.5 Å². The van der Waals surface area contributed by atoms with E-state index >= 15 is 0 Å². The van der Waals surface area contributed by atoms with Gasteiger partial charge >= 0.3 is 0 Å². The predicted molar refractivity (Wildman–Crippen MR) is 125 cm³/mol. The Morgan fingerprint density at radius 3 is 2.90 bits per heavy atom. The van der Waals surface area contributed by atoms with Crippen LogP contribution in [0.1, 0.15) is 55.9 Å². The lowest BCUT2D eigenvalue weighted by Gasteiger charge is -2.19. The van der Waals surface area contributed by atoms with Crippen LogP contribution in [0.2, 0.25) is 0 Å². The van der Waals surface area contributed by atoms with Gasteiger partial charge in [0.2, 0.25) is 0 Å². The van der Waals surface area contributed by atoms with Crippen molar-refractivity contribution in [1.82, 2.24) is 25.4 Å². The quantitative estimate of drug-likeness (QED) is 0.327. The number of nitrogens with zero attached hydrogens (tertiary/aromatic N) is 4. The van der Waals surface area contributed by atoms with Crippen LogP contribution in [0.3, 0.4) is 0 Å². The van der Waals surface area contributed by atoms with Crippen LogP contribution in [0, 0.1) is 11.7 Å². The molecule has 0 bridgehead atoms. The third kappa shape index (κ3) is 5.61. The Balaban J connectivity index is 0.00000256. The van der Waals surface area contributed by atoms with Crippen LogP contribution in [0.25, 0.3) is 0 Å². The molecule has 30 heavy (non-hydrogen) atoms. The second-order valence-electron chi connectivity index (χ2n) is 7.88. The van der Waals surface area contributed by atoms with Gasteiger partial charge < -0.3 is 19.9 Å². The van der Waals surface area contributed by atoms with Gasteiger partial charge in [0, 0.05) is 20.0 Å². The number of aryl methyl sites for hydroxylation is 1. The highest BCUT2D eigenvalue weighted by Crippen LogP contribution is 2.30. The number of aliphatic imine (C=N–C) groups is 1. The second kappa shape index (κ2) is 10.4. The molecule has 2 heterocycles. The Bertz CT molecular complexity index is 882. The summed E-state index contributed by atoms with van der Waals surface area (Å²) >= 11 is 0. The van der Waals surface area contributed by atoms with Crippen molar-refractivity contribution in [3.63, 3.8) is 0 Å². The summed E-state index contributed by atoms with van der Waals surface area (Å²) in [5.74, 6) is 3.21. The normalized spacial score (nSPS) is 17.0. The van der Waals surface area contributed by atoms with Crippen LogP contribution in [0.5, 0.6) is 5.75 Å². The predicted octanol–water partition coefficient (Wildman–Crippen LogP) is 3.59. The van der Waals surface area contributed by atoms with Gasteiger partial charge in [-0.3, -0.25) is 4.99 Å². The molecular formula is C21H30FIN6O. The third-order valence-electron chi connectivity index (χ3n) is 5.55. The van der Waals surface area contributed by atoms with E-state index in [1.165, 1.54) is 25.3 Å². The van der Waals surface area contributed by atoms with Crippen molar-refractivity contribution < 1.29 is 9.13 Å². The molecule has 0 spiro atoms. The van der Waals surface area contributed by atoms with Gasteiger partial charge in [-0.25, -0.2) is 4.39 Å². The van der Waals surface area contributed by atoms with Gasteiger partial charge in [0.1, 0.15) is 5.82 Å². The average Bonchev–Trinajstić information content (AvgIpc) is 3.48. The maximum absolute atomic E-state index is 14.4. The van der Waals surface area contributed by atoms with E-state index < -0.39 is 0 Å². The molecule has 164 valence electrons. The number of hydrogen-bond acceptors (Lipinski definition) is 4. The van der Waals surface area contributed by atoms with E-state index in [-0.39, 0.29) is 35.8 Å². The molecule has 4 rings (SSSR count). The summed E-state index contributed by atoms with van der Waals surface area (Å²) < 4.78 is 22.1. The lowest BCUT2D eigenvalue weighted by molar-refractivity contribution is 0.285. The number of halogens is 2. The molecule has 0 radical (unpaired) electrons. The molecule has 1 fully saturated rings. The summed E-state index contributed by atoms with van der Waals surface area (Å²) in [6, 6.07) is 5.03. The molecular weight excluding hydrogens is 498 g/mol. The summed E-state index contributed by atoms with van der Waals surface area (Å²) in [5.41, 5.74) is 0.837. The first-order valence-electron chi connectivity index (χ1n) is 10.4. The van der Waals surface area contributed by atoms with Gasteiger partial charge in [-0.2, -0.15) is 0 Å². The van der Waals surface area contributed by atoms with Gasteiger partial charge in [-0.05, 0) is 56.2 Å². The molecule has 9 heteroatoms. The van der Waals surface area contributed by atoms with Crippen molar-refractivity contribution in [1.29, 1.82) is 0 Å². The molecule has 2 aliphatic rings. The molecule has 2 aromatic rings. The summed E-state index contributed by atoms with van der Waals surface area (Å²) in [6.07, 6.45) is 5.69. The number of nitrogens with one attached hydrogen (secondary N) is 2. The van der Waals surface area contributed by atoms with Gasteiger partial charge in [0.05, 0.1) is 19.2 Å². The molecule has 1 aromatic heterocycles. The minimum absolute atomic E-state index is 0. The van der Waals surface area contributed by atoms with Crippen molar-refractivity contribution in [3.05, 3.63) is 41.2 Å². The highest BCUT2D eigenvalue weighted by Gasteiger charge is 2.22. The van der Waals surface area contributed by atoms with Crippen molar-refractivity contribution in [2.75, 3.05) is 13.7 Å². The number of guanidine groups is 1. The Morgan fingerprint density at radius 2 is 2.17 bits per heavy atom. The summed E-state index contributed by atoms with van der Waals surface area (Å²) in [4.78, 5) is 4.28. The van der Waals surface area contributed by atoms with Crippen LogP contribution in [0.4, 0.5) is 4.39 Å². The smallest absolute Gasteiger partial charge is 0.191 e. The lowest BCUT2D eigenvalue weighted by atomic mass is 10.1. The van der Waals surface area contributed by atoms with Crippen LogP contribution in [0.15, 0.2) is 23.2 Å². The molecule has 7 nitrogen and oxygen atoms in total. The van der Waals surface area contributed by atoms with Gasteiger partial charge in [-0.15, -0.1) is 34.2 Å². The van der Waals surface area contributed by atoms with E-state index in [4.69, 9.17) is 4.74 Å².